The van der Waals surface area contributed by atoms with Crippen molar-refractivity contribution < 1.29 is 0 Å². The van der Waals surface area contributed by atoms with Crippen LogP contribution in [-0.4, -0.2) is 21.3 Å². The largest absolute Gasteiger partial charge is 0.295 e. The van der Waals surface area contributed by atoms with Crippen LogP contribution in [0.2, 0.25) is 5.02 Å². The summed E-state index contributed by atoms with van der Waals surface area (Å²) >= 11 is 11.1. The third-order valence-corrected chi connectivity index (χ3v) is 5.00. The molecule has 0 aromatic carbocycles. The highest BCUT2D eigenvalue weighted by atomic mass is 79.9. The van der Waals surface area contributed by atoms with Gasteiger partial charge in [-0.3, -0.25) is 14.1 Å². The third-order valence-electron chi connectivity index (χ3n) is 3.16. The minimum absolute atomic E-state index is 0.116. The van der Waals surface area contributed by atoms with Crippen molar-refractivity contribution in [1.82, 2.24) is 14.3 Å². The summed E-state index contributed by atoms with van der Waals surface area (Å²) < 4.78 is 2.58. The van der Waals surface area contributed by atoms with E-state index in [2.05, 4.69) is 31.9 Å². The maximum absolute atomic E-state index is 12.1. The molecule has 0 spiro atoms. The van der Waals surface area contributed by atoms with E-state index in [1.165, 1.54) is 9.28 Å². The van der Waals surface area contributed by atoms with Crippen LogP contribution in [-0.2, 0) is 13.1 Å². The van der Waals surface area contributed by atoms with Crippen molar-refractivity contribution in [3.63, 3.8) is 0 Å². The summed E-state index contributed by atoms with van der Waals surface area (Å²) in [7, 11) is 2.01. The molecule has 0 N–H and O–H groups in total. The summed E-state index contributed by atoms with van der Waals surface area (Å²) in [4.78, 5) is 20.1. The zero-order valence-electron chi connectivity index (χ0n) is 11.8. The molecule has 4 nitrogen and oxygen atoms in total. The zero-order valence-corrected chi connectivity index (χ0v) is 15.0. The van der Waals surface area contributed by atoms with Crippen LogP contribution in [0.15, 0.2) is 45.1 Å². The molecular formula is C15H13BrClN3OS. The van der Waals surface area contributed by atoms with Crippen LogP contribution in [0.5, 0.6) is 0 Å². The Morgan fingerprint density at radius 1 is 1.32 bits per heavy atom. The van der Waals surface area contributed by atoms with Gasteiger partial charge in [-0.2, -0.15) is 0 Å². The lowest BCUT2D eigenvalue weighted by molar-refractivity contribution is 0.318. The second-order valence-electron chi connectivity index (χ2n) is 5.04. The normalized spacial score (nSPS) is 11.5. The van der Waals surface area contributed by atoms with Crippen molar-refractivity contribution >= 4 is 44.5 Å². The maximum atomic E-state index is 12.1. The Balaban J connectivity index is 1.81. The standard InChI is InChI=1S/C15H13BrClN3OS/c1-19(9-12-3-4-13(16)22-12)8-11-6-15(21)20-7-10(17)2-5-14(20)18-11/h2-7H,8-9H2,1H3. The number of halogens is 2. The van der Waals surface area contributed by atoms with Gasteiger partial charge in [0, 0.05) is 30.2 Å². The molecule has 0 atom stereocenters. The van der Waals surface area contributed by atoms with E-state index in [4.69, 9.17) is 11.6 Å². The first-order valence-corrected chi connectivity index (χ1v) is 8.60. The van der Waals surface area contributed by atoms with Gasteiger partial charge in [-0.25, -0.2) is 4.98 Å². The van der Waals surface area contributed by atoms with Gasteiger partial charge in [0.15, 0.2) is 0 Å². The SMILES string of the molecule is CN(Cc1cc(=O)n2cc(Cl)ccc2n1)Cc1ccc(Br)s1. The fraction of sp³-hybridized carbons (Fsp3) is 0.200. The van der Waals surface area contributed by atoms with Gasteiger partial charge in [0.05, 0.1) is 14.5 Å². The average molecular weight is 399 g/mol. The predicted octanol–water partition coefficient (Wildman–Crippen LogP) is 3.80. The third kappa shape index (κ3) is 3.57. The monoisotopic (exact) mass is 397 g/mol. The molecule has 7 heteroatoms. The molecule has 0 aliphatic carbocycles. The van der Waals surface area contributed by atoms with Gasteiger partial charge in [0.25, 0.3) is 5.56 Å². The minimum Gasteiger partial charge on any atom is -0.295 e. The minimum atomic E-state index is -0.116. The predicted molar refractivity (Wildman–Crippen MR) is 93.7 cm³/mol. The molecule has 0 bridgehead atoms. The van der Waals surface area contributed by atoms with Crippen LogP contribution in [0.1, 0.15) is 10.6 Å². The molecule has 0 unspecified atom stereocenters. The molecule has 0 fully saturated rings. The lowest BCUT2D eigenvalue weighted by Crippen LogP contribution is -2.21. The lowest BCUT2D eigenvalue weighted by atomic mass is 10.3. The molecule has 22 heavy (non-hydrogen) atoms. The van der Waals surface area contributed by atoms with Crippen molar-refractivity contribution in [2.24, 2.45) is 0 Å². The number of fused-ring (bicyclic) bond motifs is 1. The first kappa shape index (κ1) is 15.7. The van der Waals surface area contributed by atoms with E-state index >= 15 is 0 Å². The number of nitrogens with zero attached hydrogens (tertiary/aromatic N) is 3. The Kier molecular flexibility index (Phi) is 4.63. The molecule has 0 saturated heterocycles. The van der Waals surface area contributed by atoms with Gasteiger partial charge in [0.1, 0.15) is 5.65 Å². The van der Waals surface area contributed by atoms with E-state index < -0.39 is 0 Å². The highest BCUT2D eigenvalue weighted by Crippen LogP contribution is 2.23. The Labute approximate surface area is 145 Å². The summed E-state index contributed by atoms with van der Waals surface area (Å²) in [6.45, 7) is 1.43. The van der Waals surface area contributed by atoms with Crippen molar-refractivity contribution in [2.75, 3.05) is 7.05 Å². The first-order chi connectivity index (χ1) is 10.5. The number of hydrogen-bond acceptors (Lipinski definition) is 4. The molecule has 3 aromatic rings. The smallest absolute Gasteiger partial charge is 0.258 e. The van der Waals surface area contributed by atoms with E-state index in [1.807, 2.05) is 13.1 Å². The molecule has 0 saturated carbocycles. The van der Waals surface area contributed by atoms with Gasteiger partial charge in [0.2, 0.25) is 0 Å². The van der Waals surface area contributed by atoms with Gasteiger partial charge >= 0.3 is 0 Å². The lowest BCUT2D eigenvalue weighted by Gasteiger charge is -2.15. The summed E-state index contributed by atoms with van der Waals surface area (Å²) in [5.74, 6) is 0. The van der Waals surface area contributed by atoms with Crippen molar-refractivity contribution in [3.05, 3.63) is 66.3 Å². The van der Waals surface area contributed by atoms with Crippen LogP contribution in [0, 0.1) is 0 Å². The van der Waals surface area contributed by atoms with Crippen LogP contribution < -0.4 is 5.56 Å². The zero-order chi connectivity index (χ0) is 15.7. The quantitative estimate of drug-likeness (QED) is 0.671. The van der Waals surface area contributed by atoms with Crippen LogP contribution in [0.3, 0.4) is 0 Å². The van der Waals surface area contributed by atoms with Crippen molar-refractivity contribution in [2.45, 2.75) is 13.1 Å². The van der Waals surface area contributed by atoms with E-state index in [9.17, 15) is 4.79 Å². The Morgan fingerprint density at radius 2 is 2.14 bits per heavy atom. The molecule has 3 aromatic heterocycles. The van der Waals surface area contributed by atoms with E-state index in [0.717, 1.165) is 16.0 Å². The van der Waals surface area contributed by atoms with E-state index in [0.29, 0.717) is 17.2 Å². The molecule has 3 heterocycles. The second-order valence-corrected chi connectivity index (χ2v) is 8.02. The number of thiophene rings is 1. The number of aromatic nitrogens is 2. The van der Waals surface area contributed by atoms with Gasteiger partial charge in [-0.15, -0.1) is 11.3 Å². The average Bonchev–Trinajstić information content (AvgIpc) is 2.85. The van der Waals surface area contributed by atoms with Crippen molar-refractivity contribution in [3.8, 4) is 0 Å². The fourth-order valence-corrected chi connectivity index (χ4v) is 3.97. The van der Waals surface area contributed by atoms with Crippen LogP contribution >= 0.6 is 38.9 Å². The van der Waals surface area contributed by atoms with E-state index in [1.54, 1.807) is 35.7 Å². The number of rotatable bonds is 4. The van der Waals surface area contributed by atoms with Crippen molar-refractivity contribution in [1.29, 1.82) is 0 Å². The maximum Gasteiger partial charge on any atom is 0.258 e. The summed E-state index contributed by atoms with van der Waals surface area (Å²) in [5, 5.41) is 0.518. The highest BCUT2D eigenvalue weighted by molar-refractivity contribution is 9.11. The molecule has 0 aliphatic rings. The summed E-state index contributed by atoms with van der Waals surface area (Å²) in [6.07, 6.45) is 1.59. The van der Waals surface area contributed by atoms with E-state index in [-0.39, 0.29) is 5.56 Å². The number of pyridine rings is 1. The van der Waals surface area contributed by atoms with Gasteiger partial charge < -0.3 is 0 Å². The topological polar surface area (TPSA) is 37.6 Å². The molecule has 3 rings (SSSR count). The second kappa shape index (κ2) is 6.50. The van der Waals surface area contributed by atoms with Crippen LogP contribution in [0.4, 0.5) is 0 Å². The molecule has 0 radical (unpaired) electrons. The summed E-state index contributed by atoms with van der Waals surface area (Å²) in [5.41, 5.74) is 1.25. The summed E-state index contributed by atoms with van der Waals surface area (Å²) in [6, 6.07) is 9.18. The molecule has 0 aliphatic heterocycles. The Morgan fingerprint density at radius 3 is 2.86 bits per heavy atom. The molecule has 0 amide bonds. The molecular weight excluding hydrogens is 386 g/mol. The molecule has 114 valence electrons. The highest BCUT2D eigenvalue weighted by Gasteiger charge is 2.08. The van der Waals surface area contributed by atoms with Crippen LogP contribution in [0.25, 0.3) is 5.65 Å². The fourth-order valence-electron chi connectivity index (χ4n) is 2.24. The first-order valence-electron chi connectivity index (χ1n) is 6.62. The Hall–Kier alpha value is -1.21. The van der Waals surface area contributed by atoms with Gasteiger partial charge in [-0.1, -0.05) is 11.6 Å². The Bertz CT molecular complexity index is 877. The van der Waals surface area contributed by atoms with Gasteiger partial charge in [-0.05, 0) is 47.2 Å². The number of hydrogen-bond donors (Lipinski definition) is 0.